The lowest BCUT2D eigenvalue weighted by Crippen LogP contribution is -2.71. The molecule has 0 amide bonds. The molecule has 0 radical (unpaired) electrons. The Bertz CT molecular complexity index is 1170. The van der Waals surface area contributed by atoms with Crippen molar-refractivity contribution in [1.29, 1.82) is 0 Å². The largest absolute Gasteiger partial charge is 0.484 e. The van der Waals surface area contributed by atoms with Crippen LogP contribution in [0.1, 0.15) is 51.7 Å². The molecule has 1 N–H and O–H groups in total. The smallest absolute Gasteiger partial charge is 0.345 e. The van der Waals surface area contributed by atoms with Crippen molar-refractivity contribution in [2.24, 2.45) is 22.7 Å². The number of aliphatic hydroxyl groups excluding tert-OH is 1. The van der Waals surface area contributed by atoms with E-state index >= 15 is 0 Å². The SMILES string of the molecule is COCC1(C)C2C[C@H](OC)[C@@]3(C)Oc4cc(-c5cccnc5)oc(=O)c4[C@H](O)C3[C@@]2(C)CC[C@@H]1OC. The molecule has 3 heterocycles. The van der Waals surface area contributed by atoms with Gasteiger partial charge in [-0.3, -0.25) is 4.98 Å². The molecule has 2 aromatic rings. The Balaban J connectivity index is 1.65. The van der Waals surface area contributed by atoms with Crippen LogP contribution in [0.25, 0.3) is 11.3 Å². The molecule has 2 saturated carbocycles. The number of rotatable bonds is 5. The second-order valence-electron chi connectivity index (χ2n) is 11.3. The van der Waals surface area contributed by atoms with E-state index in [-0.39, 0.29) is 34.5 Å². The zero-order valence-corrected chi connectivity index (χ0v) is 21.9. The first-order valence-electron chi connectivity index (χ1n) is 12.6. The fourth-order valence-electron chi connectivity index (χ4n) is 8.05. The molecule has 2 aromatic heterocycles. The van der Waals surface area contributed by atoms with Gasteiger partial charge in [-0.15, -0.1) is 0 Å². The quantitative estimate of drug-likeness (QED) is 0.659. The van der Waals surface area contributed by atoms with Gasteiger partial charge in [-0.1, -0.05) is 13.8 Å². The molecule has 1 aliphatic heterocycles. The molecule has 196 valence electrons. The van der Waals surface area contributed by atoms with Crippen molar-refractivity contribution in [1.82, 2.24) is 4.98 Å². The molecule has 0 saturated heterocycles. The van der Waals surface area contributed by atoms with E-state index in [4.69, 9.17) is 23.4 Å². The summed E-state index contributed by atoms with van der Waals surface area (Å²) in [4.78, 5) is 17.4. The molecule has 0 aromatic carbocycles. The number of hydrogen-bond acceptors (Lipinski definition) is 8. The molecular formula is C28H37NO7. The van der Waals surface area contributed by atoms with Crippen LogP contribution in [0.2, 0.25) is 0 Å². The minimum atomic E-state index is -1.07. The van der Waals surface area contributed by atoms with Crippen molar-refractivity contribution in [3.05, 3.63) is 46.6 Å². The predicted octanol–water partition coefficient (Wildman–Crippen LogP) is 4.01. The van der Waals surface area contributed by atoms with E-state index in [1.807, 2.05) is 13.0 Å². The third kappa shape index (κ3) is 3.49. The second kappa shape index (κ2) is 8.94. The summed E-state index contributed by atoms with van der Waals surface area (Å²) in [5.41, 5.74) is -1.29. The van der Waals surface area contributed by atoms with Gasteiger partial charge in [-0.05, 0) is 49.7 Å². The van der Waals surface area contributed by atoms with Crippen LogP contribution in [0.15, 0.2) is 39.8 Å². The van der Waals surface area contributed by atoms with E-state index in [0.29, 0.717) is 23.7 Å². The first-order chi connectivity index (χ1) is 17.1. The molecule has 2 aliphatic carbocycles. The van der Waals surface area contributed by atoms with Gasteiger partial charge in [0.2, 0.25) is 0 Å². The molecule has 0 bridgehead atoms. The Labute approximate surface area is 211 Å². The van der Waals surface area contributed by atoms with Gasteiger partial charge in [-0.2, -0.15) is 0 Å². The van der Waals surface area contributed by atoms with Crippen LogP contribution in [0.4, 0.5) is 0 Å². The van der Waals surface area contributed by atoms with Crippen LogP contribution in [0.3, 0.4) is 0 Å². The lowest BCUT2D eigenvalue weighted by Gasteiger charge is -2.67. The Morgan fingerprint density at radius 1 is 1.17 bits per heavy atom. The summed E-state index contributed by atoms with van der Waals surface area (Å²) in [5, 5.41) is 11.9. The van der Waals surface area contributed by atoms with E-state index < -0.39 is 23.2 Å². The van der Waals surface area contributed by atoms with Crippen molar-refractivity contribution in [3.8, 4) is 17.1 Å². The summed E-state index contributed by atoms with van der Waals surface area (Å²) in [5.74, 6) is 0.393. The Kier molecular flexibility index (Phi) is 6.31. The van der Waals surface area contributed by atoms with Crippen molar-refractivity contribution in [2.75, 3.05) is 27.9 Å². The Morgan fingerprint density at radius 3 is 2.56 bits per heavy atom. The minimum absolute atomic E-state index is 0.0124. The van der Waals surface area contributed by atoms with E-state index in [1.54, 1.807) is 45.9 Å². The average molecular weight is 500 g/mol. The highest BCUT2D eigenvalue weighted by atomic mass is 16.6. The lowest BCUT2D eigenvalue weighted by molar-refractivity contribution is -0.271. The molecule has 2 fully saturated rings. The van der Waals surface area contributed by atoms with Crippen molar-refractivity contribution < 1.29 is 28.5 Å². The average Bonchev–Trinajstić information content (AvgIpc) is 2.83. The summed E-state index contributed by atoms with van der Waals surface area (Å²) in [6.07, 6.45) is 4.27. The number of hydrogen-bond donors (Lipinski definition) is 1. The van der Waals surface area contributed by atoms with Gasteiger partial charge in [0, 0.05) is 56.7 Å². The zero-order valence-electron chi connectivity index (χ0n) is 21.9. The topological polar surface area (TPSA) is 100 Å². The number of aliphatic hydroxyl groups is 1. The molecule has 8 atom stereocenters. The summed E-state index contributed by atoms with van der Waals surface area (Å²) in [6.45, 7) is 6.96. The van der Waals surface area contributed by atoms with E-state index in [2.05, 4.69) is 18.8 Å². The molecule has 3 aliphatic rings. The maximum atomic E-state index is 13.3. The number of ether oxygens (including phenoxy) is 4. The summed E-state index contributed by atoms with van der Waals surface area (Å²) in [6, 6.07) is 5.28. The standard InChI is InChI=1S/C28H37NO7/c1-26-10-9-20(33-5)27(2,15-32-4)19(26)13-21(34-6)28(3)24(26)23(30)22-18(36-28)12-17(35-25(22)31)16-8-7-11-29-14-16/h7-8,11-12,14,19-21,23-24,30H,9-10,13,15H2,1-6H3/t19?,20-,21-,23-,24?,26-,27?,28+/m0/s1. The third-order valence-electron chi connectivity index (χ3n) is 9.55. The van der Waals surface area contributed by atoms with Crippen LogP contribution in [0.5, 0.6) is 5.75 Å². The fourth-order valence-corrected chi connectivity index (χ4v) is 8.05. The summed E-state index contributed by atoms with van der Waals surface area (Å²) < 4.78 is 30.1. The normalized spacial score (nSPS) is 39.5. The second-order valence-corrected chi connectivity index (χ2v) is 11.3. The van der Waals surface area contributed by atoms with Gasteiger partial charge in [0.25, 0.3) is 0 Å². The summed E-state index contributed by atoms with van der Waals surface area (Å²) >= 11 is 0. The Morgan fingerprint density at radius 2 is 1.92 bits per heavy atom. The van der Waals surface area contributed by atoms with Crippen LogP contribution < -0.4 is 10.4 Å². The maximum absolute atomic E-state index is 13.3. The van der Waals surface area contributed by atoms with E-state index in [1.165, 1.54) is 0 Å². The van der Waals surface area contributed by atoms with E-state index in [9.17, 15) is 9.90 Å². The minimum Gasteiger partial charge on any atom is -0.484 e. The van der Waals surface area contributed by atoms with Crippen LogP contribution in [0, 0.1) is 22.7 Å². The molecule has 8 heteroatoms. The molecule has 36 heavy (non-hydrogen) atoms. The zero-order chi connectivity index (χ0) is 25.9. The van der Waals surface area contributed by atoms with Gasteiger partial charge in [0.15, 0.2) is 0 Å². The number of fused-ring (bicyclic) bond motifs is 4. The van der Waals surface area contributed by atoms with Gasteiger partial charge in [0.05, 0.1) is 24.9 Å². The van der Waals surface area contributed by atoms with Gasteiger partial charge in [-0.25, -0.2) is 4.79 Å². The van der Waals surface area contributed by atoms with Crippen LogP contribution in [-0.4, -0.2) is 55.8 Å². The monoisotopic (exact) mass is 499 g/mol. The van der Waals surface area contributed by atoms with Gasteiger partial charge in [0.1, 0.15) is 22.7 Å². The number of nitrogens with zero attached hydrogens (tertiary/aromatic N) is 1. The predicted molar refractivity (Wildman–Crippen MR) is 133 cm³/mol. The van der Waals surface area contributed by atoms with Crippen LogP contribution in [-0.2, 0) is 14.2 Å². The highest BCUT2D eigenvalue weighted by molar-refractivity contribution is 5.59. The Hall–Kier alpha value is -2.26. The number of methoxy groups -OCH3 is 3. The first-order valence-corrected chi connectivity index (χ1v) is 12.6. The lowest BCUT2D eigenvalue weighted by atomic mass is 9.42. The third-order valence-corrected chi connectivity index (χ3v) is 9.55. The maximum Gasteiger partial charge on any atom is 0.345 e. The van der Waals surface area contributed by atoms with Crippen LogP contribution >= 0.6 is 0 Å². The summed E-state index contributed by atoms with van der Waals surface area (Å²) in [7, 11) is 5.15. The highest BCUT2D eigenvalue weighted by Gasteiger charge is 2.69. The van der Waals surface area contributed by atoms with E-state index in [0.717, 1.165) is 19.3 Å². The number of pyridine rings is 1. The molecule has 8 nitrogen and oxygen atoms in total. The number of aromatic nitrogens is 1. The first kappa shape index (κ1) is 25.4. The van der Waals surface area contributed by atoms with Gasteiger partial charge < -0.3 is 28.5 Å². The van der Waals surface area contributed by atoms with Crippen molar-refractivity contribution >= 4 is 0 Å². The highest BCUT2D eigenvalue weighted by Crippen LogP contribution is 2.67. The van der Waals surface area contributed by atoms with Gasteiger partial charge >= 0.3 is 5.63 Å². The molecule has 5 rings (SSSR count). The molecule has 3 unspecified atom stereocenters. The molecular weight excluding hydrogens is 462 g/mol. The van der Waals surface area contributed by atoms with Crippen molar-refractivity contribution in [2.45, 2.75) is 63.9 Å². The molecule has 0 spiro atoms. The van der Waals surface area contributed by atoms with Crippen molar-refractivity contribution in [3.63, 3.8) is 0 Å². The fraction of sp³-hybridized carbons (Fsp3) is 0.643.